The normalized spacial score (nSPS) is 17.8. The van der Waals surface area contributed by atoms with Crippen LogP contribution in [0, 0.1) is 11.3 Å². The zero-order chi connectivity index (χ0) is 31.1. The molecule has 2 aliphatic rings. The number of carbonyl (C=O) groups is 2. The molecule has 3 aromatic heterocycles. The van der Waals surface area contributed by atoms with E-state index >= 15 is 0 Å². The first kappa shape index (κ1) is 28.8. The van der Waals surface area contributed by atoms with Gasteiger partial charge in [0.2, 0.25) is 0 Å². The number of aliphatic hydroxyl groups excluding tert-OH is 1. The van der Waals surface area contributed by atoms with Crippen molar-refractivity contribution in [2.45, 2.75) is 37.1 Å². The molecular formula is C30H24F3N7O4. The molecule has 224 valence electrons. The van der Waals surface area contributed by atoms with Crippen LogP contribution in [0.4, 0.5) is 13.2 Å². The van der Waals surface area contributed by atoms with E-state index in [1.807, 2.05) is 6.07 Å². The molecule has 0 saturated carbocycles. The van der Waals surface area contributed by atoms with Crippen LogP contribution in [-0.4, -0.2) is 56.0 Å². The van der Waals surface area contributed by atoms with Crippen LogP contribution in [0.1, 0.15) is 61.4 Å². The topological polar surface area (TPSA) is 155 Å². The Hall–Kier alpha value is -5.29. The molecule has 4 aromatic rings. The minimum atomic E-state index is -4.48. The summed E-state index contributed by atoms with van der Waals surface area (Å²) in [7, 11) is 0. The standard InChI is InChI=1S/C30H24F3N7O4/c31-30(32,33)16-44-19-5-6-20-18(11-19)8-9-29(20)12-22-25(27(42)38-29)26(40(39-22)24-7-4-17(13-34)14-36-24)28(43)37-15-23(41)21-3-1-2-10-35-21/h1-7,10-11,14,23,41H,8-9,12,15-16H2,(H,37,43)(H,38,42)/t23?,29-/m0/s1. The third-order valence-corrected chi connectivity index (χ3v) is 7.62. The summed E-state index contributed by atoms with van der Waals surface area (Å²) >= 11 is 0. The van der Waals surface area contributed by atoms with Crippen molar-refractivity contribution >= 4 is 11.8 Å². The molecule has 3 N–H and O–H groups in total. The number of amides is 2. The van der Waals surface area contributed by atoms with E-state index in [1.54, 1.807) is 30.3 Å². The number of pyridine rings is 2. The number of aromatic nitrogens is 4. The van der Waals surface area contributed by atoms with Crippen LogP contribution in [0.15, 0.2) is 60.9 Å². The SMILES string of the molecule is N#Cc1ccc(-n2nc3c(c2C(=O)NCC(O)c2ccccn2)C(=O)N[C@@]2(CCc4cc(OCC(F)(F)F)ccc42)C3)nc1. The fraction of sp³-hybridized carbons (Fsp3) is 0.267. The molecule has 6 rings (SSSR count). The van der Waals surface area contributed by atoms with Gasteiger partial charge in [0.25, 0.3) is 11.8 Å². The summed E-state index contributed by atoms with van der Waals surface area (Å²) in [6.07, 6.45) is -1.63. The minimum Gasteiger partial charge on any atom is -0.484 e. The second-order valence-electron chi connectivity index (χ2n) is 10.5. The van der Waals surface area contributed by atoms with Crippen LogP contribution < -0.4 is 15.4 Å². The molecule has 0 saturated heterocycles. The summed E-state index contributed by atoms with van der Waals surface area (Å²) < 4.78 is 44.1. The van der Waals surface area contributed by atoms with E-state index in [1.165, 1.54) is 35.3 Å². The second-order valence-corrected chi connectivity index (χ2v) is 10.5. The summed E-state index contributed by atoms with van der Waals surface area (Å²) in [5.41, 5.74) is 1.45. The first-order chi connectivity index (χ1) is 21.1. The maximum Gasteiger partial charge on any atom is 0.422 e. The number of alkyl halides is 3. The van der Waals surface area contributed by atoms with Crippen LogP contribution >= 0.6 is 0 Å². The average Bonchev–Trinajstić information content (AvgIpc) is 3.57. The summed E-state index contributed by atoms with van der Waals surface area (Å²) in [5.74, 6) is -0.992. The van der Waals surface area contributed by atoms with Crippen molar-refractivity contribution in [1.82, 2.24) is 30.4 Å². The van der Waals surface area contributed by atoms with E-state index < -0.39 is 36.2 Å². The Morgan fingerprint density at radius 1 is 1.23 bits per heavy atom. The van der Waals surface area contributed by atoms with Gasteiger partial charge in [0.1, 0.15) is 23.6 Å². The summed E-state index contributed by atoms with van der Waals surface area (Å²) in [6, 6.07) is 14.6. The molecule has 1 aliphatic carbocycles. The highest BCUT2D eigenvalue weighted by Crippen LogP contribution is 2.44. The average molecular weight is 604 g/mol. The van der Waals surface area contributed by atoms with Crippen molar-refractivity contribution in [3.05, 3.63) is 100 Å². The summed E-state index contributed by atoms with van der Waals surface area (Å²) in [5, 5.41) is 30.0. The number of halogens is 3. The Kier molecular flexibility index (Phi) is 7.26. The van der Waals surface area contributed by atoms with Crippen LogP contribution in [0.3, 0.4) is 0 Å². The van der Waals surface area contributed by atoms with Gasteiger partial charge in [-0.05, 0) is 60.4 Å². The number of hydrogen-bond donors (Lipinski definition) is 3. The van der Waals surface area contributed by atoms with Gasteiger partial charge in [-0.1, -0.05) is 12.1 Å². The van der Waals surface area contributed by atoms with Gasteiger partial charge >= 0.3 is 6.18 Å². The fourth-order valence-electron chi connectivity index (χ4n) is 5.63. The van der Waals surface area contributed by atoms with E-state index in [-0.39, 0.29) is 41.4 Å². The number of ether oxygens (including phenoxy) is 1. The zero-order valence-electron chi connectivity index (χ0n) is 22.9. The van der Waals surface area contributed by atoms with Crippen molar-refractivity contribution < 1.29 is 32.6 Å². The predicted octanol–water partition coefficient (Wildman–Crippen LogP) is 3.07. The molecule has 2 atom stereocenters. The van der Waals surface area contributed by atoms with Gasteiger partial charge in [0, 0.05) is 25.4 Å². The molecule has 0 radical (unpaired) electrons. The van der Waals surface area contributed by atoms with Crippen LogP contribution in [0.25, 0.3) is 5.82 Å². The third-order valence-electron chi connectivity index (χ3n) is 7.62. The lowest BCUT2D eigenvalue weighted by Crippen LogP contribution is -2.50. The highest BCUT2D eigenvalue weighted by molar-refractivity contribution is 6.08. The third kappa shape index (κ3) is 5.45. The van der Waals surface area contributed by atoms with Crippen molar-refractivity contribution in [2.75, 3.05) is 13.2 Å². The smallest absolute Gasteiger partial charge is 0.422 e. The maximum absolute atomic E-state index is 13.7. The largest absolute Gasteiger partial charge is 0.484 e. The van der Waals surface area contributed by atoms with E-state index in [0.717, 1.165) is 11.1 Å². The molecule has 11 nitrogen and oxygen atoms in total. The molecule has 44 heavy (non-hydrogen) atoms. The Morgan fingerprint density at radius 2 is 2.07 bits per heavy atom. The van der Waals surface area contributed by atoms with E-state index in [0.29, 0.717) is 24.2 Å². The van der Waals surface area contributed by atoms with Crippen molar-refractivity contribution in [3.63, 3.8) is 0 Å². The van der Waals surface area contributed by atoms with Crippen LogP contribution in [-0.2, 0) is 18.4 Å². The van der Waals surface area contributed by atoms with Gasteiger partial charge in [-0.2, -0.15) is 23.5 Å². The Bertz CT molecular complexity index is 1790. The number of hydrogen-bond acceptors (Lipinski definition) is 8. The van der Waals surface area contributed by atoms with E-state index in [2.05, 4.69) is 25.7 Å². The molecule has 2 amide bonds. The predicted molar refractivity (Wildman–Crippen MR) is 147 cm³/mol. The highest BCUT2D eigenvalue weighted by Gasteiger charge is 2.47. The van der Waals surface area contributed by atoms with Crippen LogP contribution in [0.2, 0.25) is 0 Å². The van der Waals surface area contributed by atoms with Gasteiger partial charge < -0.3 is 20.5 Å². The summed E-state index contributed by atoms with van der Waals surface area (Å²) in [4.78, 5) is 35.7. The Labute approximate surface area is 248 Å². The van der Waals surface area contributed by atoms with E-state index in [4.69, 9.17) is 4.74 Å². The molecule has 1 spiro atoms. The van der Waals surface area contributed by atoms with Gasteiger partial charge in [0.15, 0.2) is 12.4 Å². The molecule has 1 unspecified atom stereocenters. The number of nitrogens with zero attached hydrogens (tertiary/aromatic N) is 5. The van der Waals surface area contributed by atoms with Crippen molar-refractivity contribution in [1.29, 1.82) is 5.26 Å². The zero-order valence-corrected chi connectivity index (χ0v) is 22.9. The summed E-state index contributed by atoms with van der Waals surface area (Å²) in [6.45, 7) is -1.62. The molecule has 1 aliphatic heterocycles. The van der Waals surface area contributed by atoms with E-state index in [9.17, 15) is 33.1 Å². The van der Waals surface area contributed by atoms with Gasteiger partial charge in [-0.25, -0.2) is 9.67 Å². The second kappa shape index (κ2) is 11.1. The van der Waals surface area contributed by atoms with Crippen LogP contribution in [0.5, 0.6) is 5.75 Å². The number of rotatable bonds is 7. The molecule has 4 heterocycles. The van der Waals surface area contributed by atoms with Gasteiger partial charge in [-0.15, -0.1) is 0 Å². The van der Waals surface area contributed by atoms with Gasteiger partial charge in [-0.3, -0.25) is 14.6 Å². The maximum atomic E-state index is 13.7. The Balaban J connectivity index is 1.34. The number of aliphatic hydroxyl groups is 1. The lowest BCUT2D eigenvalue weighted by atomic mass is 9.82. The monoisotopic (exact) mass is 603 g/mol. The number of carbonyl (C=O) groups excluding carboxylic acids is 2. The molecular weight excluding hydrogens is 579 g/mol. The lowest BCUT2D eigenvalue weighted by molar-refractivity contribution is -0.153. The fourth-order valence-corrected chi connectivity index (χ4v) is 5.63. The number of nitrogens with one attached hydrogen (secondary N) is 2. The lowest BCUT2D eigenvalue weighted by Gasteiger charge is -2.35. The molecule has 0 fully saturated rings. The molecule has 1 aromatic carbocycles. The van der Waals surface area contributed by atoms with Crippen molar-refractivity contribution in [2.24, 2.45) is 0 Å². The number of aryl methyl sites for hydroxylation is 1. The quantitative estimate of drug-likeness (QED) is 0.291. The minimum absolute atomic E-state index is 0.0326. The van der Waals surface area contributed by atoms with Crippen molar-refractivity contribution in [3.8, 4) is 17.6 Å². The number of nitriles is 1. The number of fused-ring (bicyclic) bond motifs is 3. The first-order valence-electron chi connectivity index (χ1n) is 13.6. The van der Waals surface area contributed by atoms with Gasteiger partial charge in [0.05, 0.1) is 28.1 Å². The molecule has 0 bridgehead atoms. The number of benzene rings is 1. The highest BCUT2D eigenvalue weighted by atomic mass is 19.4. The molecule has 14 heteroatoms. The first-order valence-corrected chi connectivity index (χ1v) is 13.6. The Morgan fingerprint density at radius 3 is 2.77 bits per heavy atom.